The summed E-state index contributed by atoms with van der Waals surface area (Å²) in [5.41, 5.74) is 4.03. The highest BCUT2D eigenvalue weighted by Gasteiger charge is 2.19. The summed E-state index contributed by atoms with van der Waals surface area (Å²) < 4.78 is 28.7. The standard InChI is InChI=1S/C28H32N8O3S/c1-5-26(37)32-24-16-20(15-19-17-30-35(27(19)24)14-13-34(3)4)31-28-29-12-11-23(33-28)22-18-36(40(38,39)6-2)25-10-8-7-9-21(22)25/h7-12,15-18H,5-6,13-14H2,1-4H3,(H,32,37)(H,29,31,33). The molecule has 2 N–H and O–H groups in total. The van der Waals surface area contributed by atoms with Crippen LogP contribution in [-0.4, -0.2) is 69.3 Å². The van der Waals surface area contributed by atoms with Crippen molar-refractivity contribution in [3.05, 3.63) is 61.1 Å². The van der Waals surface area contributed by atoms with Gasteiger partial charge in [-0.1, -0.05) is 25.1 Å². The summed E-state index contributed by atoms with van der Waals surface area (Å²) in [6, 6.07) is 12.9. The fraction of sp³-hybridized carbons (Fsp3) is 0.286. The minimum absolute atomic E-state index is 0.0210. The molecule has 0 atom stereocenters. The van der Waals surface area contributed by atoms with Gasteiger partial charge in [0, 0.05) is 47.4 Å². The zero-order valence-electron chi connectivity index (χ0n) is 22.9. The normalized spacial score (nSPS) is 11.9. The molecule has 3 heterocycles. The minimum atomic E-state index is -3.50. The predicted molar refractivity (Wildman–Crippen MR) is 158 cm³/mol. The van der Waals surface area contributed by atoms with E-state index >= 15 is 0 Å². The van der Waals surface area contributed by atoms with Gasteiger partial charge in [-0.2, -0.15) is 5.10 Å². The van der Waals surface area contributed by atoms with Crippen LogP contribution in [0.25, 0.3) is 33.1 Å². The molecule has 5 rings (SSSR count). The van der Waals surface area contributed by atoms with E-state index in [0.29, 0.717) is 47.1 Å². The summed E-state index contributed by atoms with van der Waals surface area (Å²) in [6.07, 6.45) is 5.36. The molecule has 11 nitrogen and oxygen atoms in total. The van der Waals surface area contributed by atoms with Crippen LogP contribution in [0.15, 0.2) is 61.1 Å². The number of para-hydroxylation sites is 1. The second-order valence-electron chi connectivity index (χ2n) is 9.68. The minimum Gasteiger partial charge on any atom is -0.324 e. The van der Waals surface area contributed by atoms with Gasteiger partial charge in [0.1, 0.15) is 0 Å². The Morgan fingerprint density at radius 1 is 1.10 bits per heavy atom. The molecule has 1 amide bonds. The smallest absolute Gasteiger partial charge is 0.238 e. The Labute approximate surface area is 232 Å². The molecule has 2 aromatic carbocycles. The first-order valence-corrected chi connectivity index (χ1v) is 14.7. The number of nitrogens with one attached hydrogen (secondary N) is 2. The lowest BCUT2D eigenvalue weighted by Crippen LogP contribution is -2.19. The molecule has 0 aliphatic rings. The van der Waals surface area contributed by atoms with Crippen LogP contribution in [0.2, 0.25) is 0 Å². The van der Waals surface area contributed by atoms with Crippen molar-refractivity contribution in [1.29, 1.82) is 0 Å². The van der Waals surface area contributed by atoms with Gasteiger partial charge in [-0.3, -0.25) is 9.48 Å². The summed E-state index contributed by atoms with van der Waals surface area (Å²) in [5.74, 6) is 0.211. The second-order valence-corrected chi connectivity index (χ2v) is 11.8. The average molecular weight is 561 g/mol. The molecule has 0 saturated carbocycles. The number of likely N-dealkylation sites (N-methyl/N-ethyl adjacent to an activating group) is 1. The molecule has 0 spiro atoms. The van der Waals surface area contributed by atoms with Gasteiger partial charge in [0.25, 0.3) is 0 Å². The van der Waals surface area contributed by atoms with E-state index in [1.807, 2.05) is 49.1 Å². The third kappa shape index (κ3) is 5.40. The molecule has 0 radical (unpaired) electrons. The maximum absolute atomic E-state index is 12.8. The van der Waals surface area contributed by atoms with E-state index in [-0.39, 0.29) is 11.7 Å². The number of aromatic nitrogens is 5. The number of carbonyl (C=O) groups excluding carboxylic acids is 1. The van der Waals surface area contributed by atoms with Crippen LogP contribution in [-0.2, 0) is 21.4 Å². The van der Waals surface area contributed by atoms with Gasteiger partial charge < -0.3 is 15.5 Å². The molecule has 0 bridgehead atoms. The first kappa shape index (κ1) is 27.3. The Balaban J connectivity index is 1.53. The van der Waals surface area contributed by atoms with Crippen molar-refractivity contribution < 1.29 is 13.2 Å². The molecule has 40 heavy (non-hydrogen) atoms. The molecule has 12 heteroatoms. The first-order valence-electron chi connectivity index (χ1n) is 13.1. The molecule has 0 fully saturated rings. The Morgan fingerprint density at radius 2 is 1.90 bits per heavy atom. The Hall–Kier alpha value is -4.29. The zero-order chi connectivity index (χ0) is 28.4. The third-order valence-corrected chi connectivity index (χ3v) is 8.25. The maximum Gasteiger partial charge on any atom is 0.238 e. The Morgan fingerprint density at radius 3 is 2.65 bits per heavy atom. The van der Waals surface area contributed by atoms with Gasteiger partial charge in [0.2, 0.25) is 21.9 Å². The quantitative estimate of drug-likeness (QED) is 0.259. The topological polar surface area (TPSA) is 127 Å². The molecule has 0 aliphatic carbocycles. The summed E-state index contributed by atoms with van der Waals surface area (Å²) in [5, 5.41) is 12.4. The number of anilines is 3. The van der Waals surface area contributed by atoms with Gasteiger partial charge in [0.05, 0.1) is 40.9 Å². The van der Waals surface area contributed by atoms with Gasteiger partial charge >= 0.3 is 0 Å². The van der Waals surface area contributed by atoms with Crippen molar-refractivity contribution in [3.63, 3.8) is 0 Å². The number of rotatable bonds is 10. The number of carbonyl (C=O) groups is 1. The van der Waals surface area contributed by atoms with Crippen molar-refractivity contribution in [2.24, 2.45) is 0 Å². The Kier molecular flexibility index (Phi) is 7.55. The zero-order valence-corrected chi connectivity index (χ0v) is 23.7. The number of fused-ring (bicyclic) bond motifs is 2. The molecular weight excluding hydrogens is 528 g/mol. The first-order chi connectivity index (χ1) is 19.2. The van der Waals surface area contributed by atoms with Crippen LogP contribution in [0.5, 0.6) is 0 Å². The van der Waals surface area contributed by atoms with Crippen LogP contribution in [0.1, 0.15) is 20.3 Å². The third-order valence-electron chi connectivity index (χ3n) is 6.62. The molecular formula is C28H32N8O3S. The lowest BCUT2D eigenvalue weighted by atomic mass is 10.1. The molecule has 3 aromatic heterocycles. The van der Waals surface area contributed by atoms with E-state index in [0.717, 1.165) is 22.8 Å². The summed E-state index contributed by atoms with van der Waals surface area (Å²) in [6.45, 7) is 4.90. The van der Waals surface area contributed by atoms with Crippen molar-refractivity contribution in [2.45, 2.75) is 26.8 Å². The van der Waals surface area contributed by atoms with E-state index in [1.54, 1.807) is 44.6 Å². The Bertz CT molecular complexity index is 1810. The van der Waals surface area contributed by atoms with E-state index < -0.39 is 10.0 Å². The fourth-order valence-corrected chi connectivity index (χ4v) is 5.53. The summed E-state index contributed by atoms with van der Waals surface area (Å²) in [7, 11) is 0.501. The van der Waals surface area contributed by atoms with Crippen molar-refractivity contribution in [3.8, 4) is 11.3 Å². The van der Waals surface area contributed by atoms with E-state index in [1.165, 1.54) is 3.97 Å². The molecule has 5 aromatic rings. The molecule has 0 saturated heterocycles. The van der Waals surface area contributed by atoms with Gasteiger partial charge in [0.15, 0.2) is 0 Å². The molecule has 0 aliphatic heterocycles. The van der Waals surface area contributed by atoms with Crippen LogP contribution in [0.3, 0.4) is 0 Å². The number of amides is 1. The van der Waals surface area contributed by atoms with Gasteiger partial charge in [-0.25, -0.2) is 22.4 Å². The van der Waals surface area contributed by atoms with Crippen molar-refractivity contribution in [2.75, 3.05) is 37.0 Å². The lowest BCUT2D eigenvalue weighted by Gasteiger charge is -2.14. The number of hydrogen-bond acceptors (Lipinski definition) is 8. The fourth-order valence-electron chi connectivity index (χ4n) is 4.52. The number of benzene rings is 2. The summed E-state index contributed by atoms with van der Waals surface area (Å²) in [4.78, 5) is 23.5. The van der Waals surface area contributed by atoms with E-state index in [9.17, 15) is 13.2 Å². The van der Waals surface area contributed by atoms with Crippen LogP contribution >= 0.6 is 0 Å². The SMILES string of the molecule is CCC(=O)Nc1cc(Nc2nccc(-c3cn(S(=O)(=O)CC)c4ccccc34)n2)cc2cnn(CCN(C)C)c12. The highest BCUT2D eigenvalue weighted by Crippen LogP contribution is 2.33. The average Bonchev–Trinajstić information content (AvgIpc) is 3.54. The highest BCUT2D eigenvalue weighted by atomic mass is 32.2. The number of hydrogen-bond donors (Lipinski definition) is 2. The number of nitrogens with zero attached hydrogens (tertiary/aromatic N) is 6. The van der Waals surface area contributed by atoms with E-state index in [4.69, 9.17) is 4.98 Å². The monoisotopic (exact) mass is 560 g/mol. The van der Waals surface area contributed by atoms with Gasteiger partial charge in [-0.05, 0) is 45.3 Å². The van der Waals surface area contributed by atoms with Crippen molar-refractivity contribution >= 4 is 55.1 Å². The van der Waals surface area contributed by atoms with E-state index in [2.05, 4.69) is 25.6 Å². The second kappa shape index (κ2) is 11.1. The molecule has 0 unspecified atom stereocenters. The van der Waals surface area contributed by atoms with Crippen molar-refractivity contribution in [1.82, 2.24) is 28.6 Å². The van der Waals surface area contributed by atoms with Gasteiger partial charge in [-0.15, -0.1) is 0 Å². The lowest BCUT2D eigenvalue weighted by molar-refractivity contribution is -0.115. The van der Waals surface area contributed by atoms with Crippen LogP contribution < -0.4 is 10.6 Å². The predicted octanol–water partition coefficient (Wildman–Crippen LogP) is 4.30. The van der Waals surface area contributed by atoms with Crippen LogP contribution in [0.4, 0.5) is 17.3 Å². The van der Waals surface area contributed by atoms with Crippen LogP contribution in [0, 0.1) is 0 Å². The largest absolute Gasteiger partial charge is 0.324 e. The summed E-state index contributed by atoms with van der Waals surface area (Å²) >= 11 is 0. The maximum atomic E-state index is 12.8. The molecule has 208 valence electrons. The highest BCUT2D eigenvalue weighted by molar-refractivity contribution is 7.90.